The molecule has 0 aliphatic rings. The molecule has 0 aliphatic carbocycles. The summed E-state index contributed by atoms with van der Waals surface area (Å²) in [4.78, 5) is 24.9. The Labute approximate surface area is 143 Å². The number of hydrogen-bond donors (Lipinski definition) is 1. The van der Waals surface area contributed by atoms with Crippen molar-refractivity contribution in [3.05, 3.63) is 56.3 Å². The molecule has 0 unspecified atom stereocenters. The maximum atomic E-state index is 12.7. The van der Waals surface area contributed by atoms with Gasteiger partial charge in [-0.1, -0.05) is 29.8 Å². The first-order chi connectivity index (χ1) is 11.3. The highest BCUT2D eigenvalue weighted by Crippen LogP contribution is 2.33. The van der Waals surface area contributed by atoms with Gasteiger partial charge in [0.2, 0.25) is 0 Å². The molecule has 0 aliphatic heterocycles. The van der Waals surface area contributed by atoms with Crippen LogP contribution in [-0.4, -0.2) is 24.9 Å². The highest BCUT2D eigenvalue weighted by molar-refractivity contribution is 6.33. The van der Waals surface area contributed by atoms with Crippen molar-refractivity contribution >= 4 is 22.5 Å². The van der Waals surface area contributed by atoms with Crippen LogP contribution in [0.1, 0.15) is 6.92 Å². The Morgan fingerprint density at radius 2 is 1.83 bits per heavy atom. The van der Waals surface area contributed by atoms with Gasteiger partial charge in [0.1, 0.15) is 0 Å². The number of halogens is 1. The number of benzene rings is 1. The zero-order valence-corrected chi connectivity index (χ0v) is 14.4. The van der Waals surface area contributed by atoms with E-state index in [0.29, 0.717) is 27.2 Å². The molecule has 3 aromatic rings. The lowest BCUT2D eigenvalue weighted by Gasteiger charge is -2.12. The summed E-state index contributed by atoms with van der Waals surface area (Å²) >= 11 is 6.33. The van der Waals surface area contributed by atoms with Crippen LogP contribution in [0.25, 0.3) is 22.2 Å². The summed E-state index contributed by atoms with van der Waals surface area (Å²) in [5.41, 5.74) is 1.02. The van der Waals surface area contributed by atoms with Gasteiger partial charge in [-0.15, -0.1) is 0 Å². The first-order valence-electron chi connectivity index (χ1n) is 7.54. The topological polar surface area (TPSA) is 69.2 Å². The summed E-state index contributed by atoms with van der Waals surface area (Å²) in [6.07, 6.45) is 1.10. The van der Waals surface area contributed by atoms with Gasteiger partial charge in [0.15, 0.2) is 0 Å². The minimum Gasteiger partial charge on any atom is -0.392 e. The van der Waals surface area contributed by atoms with Gasteiger partial charge in [-0.05, 0) is 13.0 Å². The van der Waals surface area contributed by atoms with E-state index < -0.39 is 11.8 Å². The van der Waals surface area contributed by atoms with E-state index in [4.69, 9.17) is 11.6 Å². The molecule has 1 N–H and O–H groups in total. The number of rotatable bonds is 3. The summed E-state index contributed by atoms with van der Waals surface area (Å²) in [6, 6.07) is 7.21. The fourth-order valence-corrected chi connectivity index (χ4v) is 3.19. The fourth-order valence-electron chi connectivity index (χ4n) is 2.96. The molecule has 2 aromatic heterocycles. The molecule has 0 fully saturated rings. The van der Waals surface area contributed by atoms with E-state index in [-0.39, 0.29) is 12.1 Å². The lowest BCUT2D eigenvalue weighted by molar-refractivity contribution is 0.174. The van der Waals surface area contributed by atoms with Crippen molar-refractivity contribution in [1.29, 1.82) is 0 Å². The van der Waals surface area contributed by atoms with E-state index >= 15 is 0 Å². The highest BCUT2D eigenvalue weighted by Gasteiger charge is 2.21. The van der Waals surface area contributed by atoms with Crippen LogP contribution in [0.3, 0.4) is 0 Å². The van der Waals surface area contributed by atoms with Crippen LogP contribution in [0.5, 0.6) is 0 Å². The molecule has 126 valence electrons. The molecule has 24 heavy (non-hydrogen) atoms. The standard InChI is InChI=1S/C17H18ClN3O3/c1-10(22)8-21-9-13-14(16(23)20(3)17(24)19(13)2)15(21)11-6-4-5-7-12(11)18/h4-7,9-10,22H,8H2,1-3H3/t10-/m0/s1. The Morgan fingerprint density at radius 1 is 1.17 bits per heavy atom. The highest BCUT2D eigenvalue weighted by atomic mass is 35.5. The van der Waals surface area contributed by atoms with Crippen LogP contribution in [0, 0.1) is 0 Å². The Hall–Kier alpha value is -2.31. The van der Waals surface area contributed by atoms with Crippen molar-refractivity contribution in [3.63, 3.8) is 0 Å². The van der Waals surface area contributed by atoms with Crippen molar-refractivity contribution in [2.45, 2.75) is 19.6 Å². The summed E-state index contributed by atoms with van der Waals surface area (Å²) in [5, 5.41) is 10.7. The Morgan fingerprint density at radius 3 is 2.46 bits per heavy atom. The van der Waals surface area contributed by atoms with Crippen LogP contribution in [0.15, 0.2) is 40.1 Å². The molecule has 2 heterocycles. The smallest absolute Gasteiger partial charge is 0.330 e. The number of hydrogen-bond acceptors (Lipinski definition) is 3. The number of aliphatic hydroxyl groups excluding tert-OH is 1. The number of aryl methyl sites for hydroxylation is 1. The molecule has 6 nitrogen and oxygen atoms in total. The van der Waals surface area contributed by atoms with E-state index in [0.717, 1.165) is 4.57 Å². The lowest BCUT2D eigenvalue weighted by Crippen LogP contribution is -2.36. The summed E-state index contributed by atoms with van der Waals surface area (Å²) < 4.78 is 4.28. The SMILES string of the molecule is C[C@H](O)Cn1cc2c(c1-c1ccccc1Cl)c(=O)n(C)c(=O)n2C. The maximum absolute atomic E-state index is 12.7. The third-order valence-electron chi connectivity index (χ3n) is 4.10. The van der Waals surface area contributed by atoms with Crippen molar-refractivity contribution in [1.82, 2.24) is 13.7 Å². The Kier molecular flexibility index (Phi) is 4.11. The van der Waals surface area contributed by atoms with Gasteiger partial charge >= 0.3 is 5.69 Å². The summed E-state index contributed by atoms with van der Waals surface area (Å²) in [6.45, 7) is 1.95. The van der Waals surface area contributed by atoms with Crippen LogP contribution in [0.4, 0.5) is 0 Å². The fraction of sp³-hybridized carbons (Fsp3) is 0.294. The molecule has 0 amide bonds. The van der Waals surface area contributed by atoms with Crippen molar-refractivity contribution in [2.24, 2.45) is 14.1 Å². The molecule has 1 aromatic carbocycles. The quantitative estimate of drug-likeness (QED) is 0.784. The summed E-state index contributed by atoms with van der Waals surface area (Å²) in [7, 11) is 3.07. The van der Waals surface area contributed by atoms with Gasteiger partial charge in [0, 0.05) is 37.4 Å². The molecular weight excluding hydrogens is 330 g/mol. The second-order valence-corrected chi connectivity index (χ2v) is 6.33. The zero-order chi connectivity index (χ0) is 17.6. The first kappa shape index (κ1) is 16.5. The molecule has 0 radical (unpaired) electrons. The van der Waals surface area contributed by atoms with Crippen LogP contribution >= 0.6 is 11.6 Å². The molecule has 0 saturated heterocycles. The van der Waals surface area contributed by atoms with Gasteiger partial charge in [-0.2, -0.15) is 0 Å². The first-order valence-corrected chi connectivity index (χ1v) is 7.92. The Bertz CT molecular complexity index is 1040. The average molecular weight is 348 g/mol. The van der Waals surface area contributed by atoms with E-state index in [9.17, 15) is 14.7 Å². The molecular formula is C17H18ClN3O3. The molecule has 1 atom stereocenters. The predicted octanol–water partition coefficient (Wildman–Crippen LogP) is 1.74. The largest absolute Gasteiger partial charge is 0.392 e. The zero-order valence-electron chi connectivity index (χ0n) is 13.7. The molecule has 0 spiro atoms. The van der Waals surface area contributed by atoms with E-state index in [1.54, 1.807) is 30.8 Å². The van der Waals surface area contributed by atoms with Crippen molar-refractivity contribution in [2.75, 3.05) is 0 Å². The monoisotopic (exact) mass is 347 g/mol. The predicted molar refractivity (Wildman–Crippen MR) is 94.5 cm³/mol. The van der Waals surface area contributed by atoms with E-state index in [1.165, 1.54) is 11.6 Å². The minimum atomic E-state index is -0.617. The third-order valence-corrected chi connectivity index (χ3v) is 4.43. The third kappa shape index (κ3) is 2.48. The minimum absolute atomic E-state index is 0.284. The molecule has 0 bridgehead atoms. The number of aromatic nitrogens is 3. The average Bonchev–Trinajstić information content (AvgIpc) is 2.90. The lowest BCUT2D eigenvalue weighted by atomic mass is 10.1. The molecule has 0 saturated carbocycles. The number of fused-ring (bicyclic) bond motifs is 1. The van der Waals surface area contributed by atoms with Gasteiger partial charge in [0.25, 0.3) is 5.56 Å². The molecule has 3 rings (SSSR count). The number of nitrogens with zero attached hydrogens (tertiary/aromatic N) is 3. The Balaban J connectivity index is 2.52. The molecule has 7 heteroatoms. The second-order valence-electron chi connectivity index (χ2n) is 5.92. The van der Waals surface area contributed by atoms with Crippen molar-refractivity contribution in [3.8, 4) is 11.3 Å². The van der Waals surface area contributed by atoms with Gasteiger partial charge < -0.3 is 9.67 Å². The van der Waals surface area contributed by atoms with E-state index in [1.807, 2.05) is 18.2 Å². The van der Waals surface area contributed by atoms with Crippen LogP contribution in [0.2, 0.25) is 5.02 Å². The number of aliphatic hydroxyl groups is 1. The summed E-state index contributed by atoms with van der Waals surface area (Å²) in [5.74, 6) is 0. The van der Waals surface area contributed by atoms with E-state index in [2.05, 4.69) is 0 Å². The van der Waals surface area contributed by atoms with Crippen molar-refractivity contribution < 1.29 is 5.11 Å². The maximum Gasteiger partial charge on any atom is 0.330 e. The van der Waals surface area contributed by atoms with Crippen LogP contribution in [-0.2, 0) is 20.6 Å². The van der Waals surface area contributed by atoms with Gasteiger partial charge in [-0.25, -0.2) is 4.79 Å². The van der Waals surface area contributed by atoms with Gasteiger partial charge in [-0.3, -0.25) is 13.9 Å². The normalized spacial score (nSPS) is 12.7. The second kappa shape index (κ2) is 5.96. The van der Waals surface area contributed by atoms with Crippen LogP contribution < -0.4 is 11.2 Å². The van der Waals surface area contributed by atoms with Gasteiger partial charge in [0.05, 0.1) is 22.7 Å².